The molecule has 38 heavy (non-hydrogen) atoms. The Morgan fingerprint density at radius 2 is 0.816 bits per heavy atom. The van der Waals surface area contributed by atoms with Crippen molar-refractivity contribution in [1.82, 2.24) is 0 Å². The molecule has 0 aliphatic carbocycles. The molecule has 0 saturated carbocycles. The van der Waals surface area contributed by atoms with Crippen LogP contribution in [0.5, 0.6) is 0 Å². The first-order valence-electron chi connectivity index (χ1n) is 16.7. The van der Waals surface area contributed by atoms with Gasteiger partial charge in [0.25, 0.3) is 0 Å². The van der Waals surface area contributed by atoms with Gasteiger partial charge < -0.3 is 28.5 Å². The SMILES string of the molecule is CCCCCCCCCCCC[N+](C)(CCCCCCCCCCCC)CCCCSc1ccccc1.[I-]. The van der Waals surface area contributed by atoms with Crippen LogP contribution < -0.4 is 24.0 Å². The average Bonchev–Trinajstić information content (AvgIpc) is 2.91. The summed E-state index contributed by atoms with van der Waals surface area (Å²) >= 11 is 2.03. The largest absolute Gasteiger partial charge is 1.00 e. The first kappa shape index (κ1) is 38.3. The molecule has 1 aromatic rings. The summed E-state index contributed by atoms with van der Waals surface area (Å²) in [5.41, 5.74) is 0. The van der Waals surface area contributed by atoms with Crippen LogP contribution >= 0.6 is 11.8 Å². The molecule has 0 heterocycles. The minimum atomic E-state index is 0. The van der Waals surface area contributed by atoms with Crippen LogP contribution in [0, 0.1) is 0 Å². The van der Waals surface area contributed by atoms with Gasteiger partial charge in [-0.25, -0.2) is 0 Å². The maximum absolute atomic E-state index is 2.58. The number of unbranched alkanes of at least 4 members (excludes halogenated alkanes) is 19. The monoisotopic (exact) mass is 659 g/mol. The predicted molar refractivity (Wildman–Crippen MR) is 171 cm³/mol. The Morgan fingerprint density at radius 1 is 0.474 bits per heavy atom. The molecule has 0 aromatic heterocycles. The van der Waals surface area contributed by atoms with Crippen molar-refractivity contribution in [2.75, 3.05) is 32.4 Å². The summed E-state index contributed by atoms with van der Waals surface area (Å²) in [6, 6.07) is 10.9. The van der Waals surface area contributed by atoms with E-state index in [4.69, 9.17) is 0 Å². The molecule has 0 aliphatic heterocycles. The number of rotatable bonds is 28. The lowest BCUT2D eigenvalue weighted by Crippen LogP contribution is -3.00. The van der Waals surface area contributed by atoms with Crippen molar-refractivity contribution >= 4 is 11.8 Å². The van der Waals surface area contributed by atoms with Crippen LogP contribution in [0.2, 0.25) is 0 Å². The van der Waals surface area contributed by atoms with Crippen molar-refractivity contribution in [2.45, 2.75) is 160 Å². The van der Waals surface area contributed by atoms with E-state index in [1.165, 1.54) is 176 Å². The molecule has 0 unspecified atom stereocenters. The van der Waals surface area contributed by atoms with Gasteiger partial charge in [-0.05, 0) is 56.4 Å². The van der Waals surface area contributed by atoms with Gasteiger partial charge >= 0.3 is 0 Å². The molecule has 0 amide bonds. The number of hydrogen-bond acceptors (Lipinski definition) is 1. The molecule has 0 saturated heterocycles. The fourth-order valence-electron chi connectivity index (χ4n) is 5.60. The van der Waals surface area contributed by atoms with Crippen LogP contribution in [0.4, 0.5) is 0 Å². The third kappa shape index (κ3) is 24.1. The van der Waals surface area contributed by atoms with Gasteiger partial charge in [0.05, 0.1) is 26.7 Å². The maximum atomic E-state index is 2.58. The van der Waals surface area contributed by atoms with Crippen LogP contribution in [0.15, 0.2) is 35.2 Å². The Labute approximate surface area is 261 Å². The quantitative estimate of drug-likeness (QED) is 0.0375. The van der Waals surface area contributed by atoms with E-state index in [0.29, 0.717) is 0 Å². The Bertz CT molecular complexity index is 555. The first-order chi connectivity index (χ1) is 18.2. The number of thioether (sulfide) groups is 1. The summed E-state index contributed by atoms with van der Waals surface area (Å²) in [5.74, 6) is 1.26. The highest BCUT2D eigenvalue weighted by Gasteiger charge is 2.20. The summed E-state index contributed by atoms with van der Waals surface area (Å²) in [5, 5.41) is 0. The van der Waals surface area contributed by atoms with Crippen molar-refractivity contribution in [2.24, 2.45) is 0 Å². The highest BCUT2D eigenvalue weighted by molar-refractivity contribution is 7.99. The molecular weight excluding hydrogens is 593 g/mol. The van der Waals surface area contributed by atoms with Crippen molar-refractivity contribution < 1.29 is 28.5 Å². The summed E-state index contributed by atoms with van der Waals surface area (Å²) in [7, 11) is 2.58. The van der Waals surface area contributed by atoms with E-state index in [0.717, 1.165) is 0 Å². The molecule has 3 heteroatoms. The average molecular weight is 660 g/mol. The van der Waals surface area contributed by atoms with Crippen LogP contribution in [-0.4, -0.2) is 36.9 Å². The Morgan fingerprint density at radius 3 is 1.21 bits per heavy atom. The van der Waals surface area contributed by atoms with Gasteiger partial charge in [-0.2, -0.15) is 0 Å². The third-order valence-corrected chi connectivity index (χ3v) is 9.31. The minimum absolute atomic E-state index is 0. The second-order valence-corrected chi connectivity index (χ2v) is 13.2. The molecule has 1 rings (SSSR count). The van der Waals surface area contributed by atoms with Crippen molar-refractivity contribution in [3.8, 4) is 0 Å². The van der Waals surface area contributed by atoms with Crippen molar-refractivity contribution in [3.63, 3.8) is 0 Å². The summed E-state index contributed by atoms with van der Waals surface area (Å²) in [6.45, 7) is 8.81. The number of quaternary nitrogens is 1. The molecule has 1 nitrogen and oxygen atoms in total. The van der Waals surface area contributed by atoms with E-state index in [1.54, 1.807) is 0 Å². The molecule has 1 aromatic carbocycles. The molecule has 0 aliphatic rings. The fraction of sp³-hybridized carbons (Fsp3) is 0.829. The molecule has 0 radical (unpaired) electrons. The molecular formula is C35H66INS. The lowest BCUT2D eigenvalue weighted by Gasteiger charge is -2.35. The van der Waals surface area contributed by atoms with Crippen molar-refractivity contribution in [1.29, 1.82) is 0 Å². The van der Waals surface area contributed by atoms with E-state index < -0.39 is 0 Å². The number of hydrogen-bond donors (Lipinski definition) is 0. The first-order valence-corrected chi connectivity index (χ1v) is 17.7. The summed E-state index contributed by atoms with van der Waals surface area (Å²) in [6.07, 6.45) is 31.6. The van der Waals surface area contributed by atoms with Crippen molar-refractivity contribution in [3.05, 3.63) is 30.3 Å². The zero-order chi connectivity index (χ0) is 26.7. The van der Waals surface area contributed by atoms with E-state index in [-0.39, 0.29) is 24.0 Å². The highest BCUT2D eigenvalue weighted by Crippen LogP contribution is 2.20. The van der Waals surface area contributed by atoms with Gasteiger partial charge in [0.1, 0.15) is 0 Å². The van der Waals surface area contributed by atoms with Gasteiger partial charge in [0.2, 0.25) is 0 Å². The summed E-state index contributed by atoms with van der Waals surface area (Å²) in [4.78, 5) is 1.43. The van der Waals surface area contributed by atoms with E-state index in [1.807, 2.05) is 11.8 Å². The molecule has 0 fully saturated rings. The maximum Gasteiger partial charge on any atom is 0.0784 e. The van der Waals surface area contributed by atoms with Gasteiger partial charge in [-0.15, -0.1) is 11.8 Å². The van der Waals surface area contributed by atoms with Gasteiger partial charge in [-0.3, -0.25) is 0 Å². The van der Waals surface area contributed by atoms with Gasteiger partial charge in [0.15, 0.2) is 0 Å². The third-order valence-electron chi connectivity index (χ3n) is 8.21. The smallest absolute Gasteiger partial charge is 0.0784 e. The molecule has 0 spiro atoms. The lowest BCUT2D eigenvalue weighted by atomic mass is 10.1. The summed E-state index contributed by atoms with van der Waals surface area (Å²) < 4.78 is 1.32. The van der Waals surface area contributed by atoms with Gasteiger partial charge in [0, 0.05) is 4.90 Å². The van der Waals surface area contributed by atoms with Crippen LogP contribution in [-0.2, 0) is 0 Å². The normalized spacial score (nSPS) is 11.6. The number of nitrogens with zero attached hydrogens (tertiary/aromatic N) is 1. The van der Waals surface area contributed by atoms with Crippen LogP contribution in [0.25, 0.3) is 0 Å². The van der Waals surface area contributed by atoms with E-state index in [9.17, 15) is 0 Å². The zero-order valence-electron chi connectivity index (χ0n) is 26.0. The Balaban J connectivity index is 0.0000137. The Hall–Kier alpha value is 0.260. The lowest BCUT2D eigenvalue weighted by molar-refractivity contribution is -0.910. The Kier molecular flexibility index (Phi) is 29.0. The molecule has 0 N–H and O–H groups in total. The van der Waals surface area contributed by atoms with E-state index >= 15 is 0 Å². The minimum Gasteiger partial charge on any atom is -1.00 e. The van der Waals surface area contributed by atoms with E-state index in [2.05, 4.69) is 51.2 Å². The predicted octanol–water partition coefficient (Wildman–Crippen LogP) is 8.85. The zero-order valence-corrected chi connectivity index (χ0v) is 29.0. The topological polar surface area (TPSA) is 0 Å². The molecule has 0 bridgehead atoms. The number of benzene rings is 1. The van der Waals surface area contributed by atoms with Gasteiger partial charge in [-0.1, -0.05) is 135 Å². The van der Waals surface area contributed by atoms with Crippen LogP contribution in [0.3, 0.4) is 0 Å². The number of halogens is 1. The standard InChI is InChI=1S/C35H66NS.HI/c1-4-6-8-10-12-14-16-18-20-25-31-36(3,32-26-21-19-17-15-13-11-9-7-5-2)33-27-28-34-37-35-29-23-22-24-30-35;/h22-24,29-30H,4-21,25-28,31-34H2,1-3H3;1H/q+1;/p-1. The molecule has 224 valence electrons. The second kappa shape index (κ2) is 28.8. The highest BCUT2D eigenvalue weighted by atomic mass is 127. The van der Waals surface area contributed by atoms with Crippen LogP contribution in [0.1, 0.15) is 155 Å². The second-order valence-electron chi connectivity index (χ2n) is 12.0. The molecule has 0 atom stereocenters. The fourth-order valence-corrected chi connectivity index (χ4v) is 6.53.